The molecule has 1 fully saturated rings. The monoisotopic (exact) mass is 438 g/mol. The van der Waals surface area contributed by atoms with Crippen molar-refractivity contribution in [1.82, 2.24) is 20.1 Å². The van der Waals surface area contributed by atoms with Crippen LogP contribution in [-0.4, -0.2) is 37.9 Å². The highest BCUT2D eigenvalue weighted by molar-refractivity contribution is 5.86. The van der Waals surface area contributed by atoms with Crippen LogP contribution in [0.5, 0.6) is 5.88 Å². The number of pyridine rings is 1. The van der Waals surface area contributed by atoms with E-state index in [1.165, 1.54) is 0 Å². The van der Waals surface area contributed by atoms with Crippen molar-refractivity contribution in [2.45, 2.75) is 59.2 Å². The Bertz CT molecular complexity index is 1130. The molecule has 3 heterocycles. The number of nitrogens with one attached hydrogen (secondary N) is 2. The summed E-state index contributed by atoms with van der Waals surface area (Å²) in [6.07, 6.45) is 4.96. The summed E-state index contributed by atoms with van der Waals surface area (Å²) >= 11 is 0. The van der Waals surface area contributed by atoms with Gasteiger partial charge in [-0.1, -0.05) is 5.16 Å². The van der Waals surface area contributed by atoms with Gasteiger partial charge in [-0.25, -0.2) is 9.78 Å². The van der Waals surface area contributed by atoms with Crippen LogP contribution in [0.2, 0.25) is 0 Å². The van der Waals surface area contributed by atoms with Gasteiger partial charge in [-0.05, 0) is 59.6 Å². The van der Waals surface area contributed by atoms with Gasteiger partial charge >= 0.3 is 6.09 Å². The fraction of sp³-hybridized carbons (Fsp3) is 0.409. The molecule has 1 saturated carbocycles. The summed E-state index contributed by atoms with van der Waals surface area (Å²) in [6.45, 7) is 9.02. The second-order valence-electron chi connectivity index (χ2n) is 8.61. The molecule has 2 N–H and O–H groups in total. The van der Waals surface area contributed by atoms with Crippen molar-refractivity contribution < 1.29 is 18.8 Å². The maximum Gasteiger partial charge on any atom is 0.412 e. The number of aromatic nitrogens is 4. The zero-order valence-corrected chi connectivity index (χ0v) is 18.7. The van der Waals surface area contributed by atoms with Crippen molar-refractivity contribution in [3.63, 3.8) is 0 Å². The van der Waals surface area contributed by atoms with Gasteiger partial charge in [-0.3, -0.25) is 10.3 Å². The van der Waals surface area contributed by atoms with E-state index in [1.807, 2.05) is 6.92 Å². The molecule has 3 aromatic heterocycles. The number of hydrogen-bond donors (Lipinski definition) is 2. The molecule has 0 atom stereocenters. The van der Waals surface area contributed by atoms with Crippen LogP contribution in [0.3, 0.4) is 0 Å². The number of carbonyl (C=O) groups excluding carboxylic acids is 1. The third-order valence-corrected chi connectivity index (χ3v) is 4.49. The minimum Gasteiger partial charge on any atom is -0.473 e. The molecule has 1 amide bonds. The highest BCUT2D eigenvalue weighted by Gasteiger charge is 2.25. The molecule has 1 aliphatic carbocycles. The summed E-state index contributed by atoms with van der Waals surface area (Å²) in [5.41, 5.74) is 2.39. The van der Waals surface area contributed by atoms with Crippen molar-refractivity contribution in [3.05, 3.63) is 35.9 Å². The summed E-state index contributed by atoms with van der Waals surface area (Å²) in [7, 11) is 0. The van der Waals surface area contributed by atoms with E-state index >= 15 is 0 Å². The van der Waals surface area contributed by atoms with E-state index in [-0.39, 0.29) is 6.10 Å². The summed E-state index contributed by atoms with van der Waals surface area (Å²) in [5.74, 6) is 1.43. The Hall–Kier alpha value is -3.69. The molecule has 3 aromatic rings. The first-order chi connectivity index (χ1) is 15.2. The minimum absolute atomic E-state index is 0.229. The van der Waals surface area contributed by atoms with Crippen LogP contribution in [0.25, 0.3) is 11.5 Å². The quantitative estimate of drug-likeness (QED) is 0.559. The molecular weight excluding hydrogens is 412 g/mol. The van der Waals surface area contributed by atoms with Crippen molar-refractivity contribution in [1.29, 1.82) is 0 Å². The van der Waals surface area contributed by atoms with Crippen LogP contribution in [0.4, 0.5) is 22.0 Å². The number of amides is 1. The van der Waals surface area contributed by atoms with Crippen LogP contribution in [0, 0.1) is 13.8 Å². The Kier molecular flexibility index (Phi) is 5.68. The molecule has 0 aliphatic heterocycles. The Morgan fingerprint density at radius 3 is 2.59 bits per heavy atom. The molecule has 10 heteroatoms. The lowest BCUT2D eigenvalue weighted by Gasteiger charge is -2.20. The molecule has 4 rings (SSSR count). The number of rotatable bonds is 6. The van der Waals surface area contributed by atoms with Gasteiger partial charge in [0.15, 0.2) is 5.82 Å². The lowest BCUT2D eigenvalue weighted by Crippen LogP contribution is -2.27. The molecule has 0 bridgehead atoms. The number of carbonyl (C=O) groups is 1. The summed E-state index contributed by atoms with van der Waals surface area (Å²) in [6, 6.07) is 3.48. The third kappa shape index (κ3) is 5.32. The van der Waals surface area contributed by atoms with Crippen LogP contribution >= 0.6 is 0 Å². The van der Waals surface area contributed by atoms with Gasteiger partial charge in [0.2, 0.25) is 11.6 Å². The lowest BCUT2D eigenvalue weighted by atomic mass is 10.2. The fourth-order valence-electron chi connectivity index (χ4n) is 2.87. The minimum atomic E-state index is -0.590. The second-order valence-corrected chi connectivity index (χ2v) is 8.61. The Labute approximate surface area is 185 Å². The normalized spacial score (nSPS) is 13.5. The first kappa shape index (κ1) is 21.5. The van der Waals surface area contributed by atoms with Crippen molar-refractivity contribution in [2.24, 2.45) is 0 Å². The molecule has 0 saturated heterocycles. The van der Waals surface area contributed by atoms with Gasteiger partial charge in [0.25, 0.3) is 0 Å². The van der Waals surface area contributed by atoms with E-state index < -0.39 is 11.7 Å². The van der Waals surface area contributed by atoms with Crippen LogP contribution < -0.4 is 15.4 Å². The van der Waals surface area contributed by atoms with E-state index in [9.17, 15) is 4.79 Å². The Balaban J connectivity index is 1.53. The van der Waals surface area contributed by atoms with Crippen LogP contribution in [0.15, 0.2) is 29.0 Å². The van der Waals surface area contributed by atoms with Gasteiger partial charge in [0.1, 0.15) is 28.8 Å². The van der Waals surface area contributed by atoms with Gasteiger partial charge in [-0.2, -0.15) is 4.98 Å². The van der Waals surface area contributed by atoms with Crippen LogP contribution in [-0.2, 0) is 4.74 Å². The first-order valence-corrected chi connectivity index (χ1v) is 10.4. The number of anilines is 3. The molecule has 32 heavy (non-hydrogen) atoms. The van der Waals surface area contributed by atoms with E-state index in [0.717, 1.165) is 12.8 Å². The van der Waals surface area contributed by atoms with E-state index in [0.29, 0.717) is 45.9 Å². The topological polar surface area (TPSA) is 124 Å². The first-order valence-electron chi connectivity index (χ1n) is 10.4. The predicted octanol–water partition coefficient (Wildman–Crippen LogP) is 4.78. The summed E-state index contributed by atoms with van der Waals surface area (Å²) in [4.78, 5) is 25.3. The van der Waals surface area contributed by atoms with Crippen molar-refractivity contribution >= 4 is 23.3 Å². The Morgan fingerprint density at radius 2 is 1.91 bits per heavy atom. The number of ether oxygens (including phenoxy) is 2. The summed E-state index contributed by atoms with van der Waals surface area (Å²) < 4.78 is 16.5. The van der Waals surface area contributed by atoms with E-state index in [1.54, 1.807) is 52.2 Å². The highest BCUT2D eigenvalue weighted by atomic mass is 16.6. The maximum atomic E-state index is 12.1. The molecule has 10 nitrogen and oxygen atoms in total. The maximum absolute atomic E-state index is 12.1. The fourth-order valence-corrected chi connectivity index (χ4v) is 2.87. The molecule has 0 radical (unpaired) electrons. The molecule has 0 spiro atoms. The SMILES string of the molecule is Cc1nc(-c2onc(C)c2Nc2cncc(OC3CC3)n2)ccc1NC(=O)OC(C)(C)C. The lowest BCUT2D eigenvalue weighted by molar-refractivity contribution is 0.0635. The number of hydrogen-bond acceptors (Lipinski definition) is 9. The van der Waals surface area contributed by atoms with Gasteiger partial charge in [0, 0.05) is 0 Å². The largest absolute Gasteiger partial charge is 0.473 e. The number of nitrogens with zero attached hydrogens (tertiary/aromatic N) is 4. The molecule has 1 aliphatic rings. The van der Waals surface area contributed by atoms with E-state index in [4.69, 9.17) is 14.0 Å². The van der Waals surface area contributed by atoms with Crippen LogP contribution in [0.1, 0.15) is 45.0 Å². The Morgan fingerprint density at radius 1 is 1.12 bits per heavy atom. The molecule has 0 aromatic carbocycles. The zero-order valence-electron chi connectivity index (χ0n) is 18.7. The third-order valence-electron chi connectivity index (χ3n) is 4.49. The van der Waals surface area contributed by atoms with Gasteiger partial charge < -0.3 is 19.3 Å². The smallest absolute Gasteiger partial charge is 0.412 e. The predicted molar refractivity (Wildman–Crippen MR) is 118 cm³/mol. The second kappa shape index (κ2) is 8.45. The zero-order chi connectivity index (χ0) is 22.9. The molecular formula is C22H26N6O4. The standard InChI is InChI=1S/C22H26N6O4/c1-12-15(25-21(29)31-22(3,4)5)8-9-16(24-12)20-19(13(2)28-32-20)27-17-10-23-11-18(26-17)30-14-6-7-14/h8-11,14H,6-7H2,1-5H3,(H,25,29)(H,26,27). The average Bonchev–Trinajstić information content (AvgIpc) is 3.44. The summed E-state index contributed by atoms with van der Waals surface area (Å²) in [5, 5.41) is 9.98. The molecule has 168 valence electrons. The molecule has 0 unspecified atom stereocenters. The van der Waals surface area contributed by atoms with E-state index in [2.05, 4.69) is 30.7 Å². The van der Waals surface area contributed by atoms with Gasteiger partial charge in [-0.15, -0.1) is 0 Å². The van der Waals surface area contributed by atoms with Crippen molar-refractivity contribution in [2.75, 3.05) is 10.6 Å². The number of aryl methyl sites for hydroxylation is 2. The average molecular weight is 438 g/mol. The highest BCUT2D eigenvalue weighted by Crippen LogP contribution is 2.33. The van der Waals surface area contributed by atoms with Crippen molar-refractivity contribution in [3.8, 4) is 17.3 Å². The van der Waals surface area contributed by atoms with Gasteiger partial charge in [0.05, 0.1) is 23.8 Å².